The molecule has 0 atom stereocenters. The molecule has 2 rings (SSSR count). The molecule has 1 N–H and O–H groups in total. The molecule has 0 saturated carbocycles. The average molecular weight is 300 g/mol. The molecule has 0 aliphatic carbocycles. The second-order valence-corrected chi connectivity index (χ2v) is 5.01. The zero-order valence-electron chi connectivity index (χ0n) is 12.9. The molecule has 0 unspecified atom stereocenters. The molecule has 6 nitrogen and oxygen atoms in total. The zero-order chi connectivity index (χ0) is 16.1. The Kier molecular flexibility index (Phi) is 5.06. The Labute approximate surface area is 129 Å². The molecule has 0 saturated heterocycles. The summed E-state index contributed by atoms with van der Waals surface area (Å²) in [6.07, 6.45) is 3.16. The molecule has 0 aromatic carbocycles. The SMILES string of the molecule is C=CCN(CCO)C(=O)c1ccc(-n2nc(C)cc2C)nc1. The normalized spacial score (nSPS) is 10.5. The lowest BCUT2D eigenvalue weighted by molar-refractivity contribution is 0.0742. The fourth-order valence-corrected chi connectivity index (χ4v) is 2.23. The van der Waals surface area contributed by atoms with E-state index < -0.39 is 0 Å². The van der Waals surface area contributed by atoms with Gasteiger partial charge in [-0.1, -0.05) is 6.08 Å². The van der Waals surface area contributed by atoms with Crippen LogP contribution in [0, 0.1) is 13.8 Å². The highest BCUT2D eigenvalue weighted by Gasteiger charge is 2.15. The first kappa shape index (κ1) is 15.9. The minimum atomic E-state index is -0.179. The van der Waals surface area contributed by atoms with Gasteiger partial charge in [0.15, 0.2) is 5.82 Å². The second kappa shape index (κ2) is 7.00. The maximum atomic E-state index is 12.3. The van der Waals surface area contributed by atoms with Crippen molar-refractivity contribution in [1.29, 1.82) is 0 Å². The van der Waals surface area contributed by atoms with E-state index in [0.717, 1.165) is 11.4 Å². The highest BCUT2D eigenvalue weighted by atomic mass is 16.3. The lowest BCUT2D eigenvalue weighted by Gasteiger charge is -2.19. The molecule has 6 heteroatoms. The topological polar surface area (TPSA) is 71.2 Å². The first-order valence-electron chi connectivity index (χ1n) is 7.07. The van der Waals surface area contributed by atoms with Crippen molar-refractivity contribution in [2.24, 2.45) is 0 Å². The third-order valence-corrected chi connectivity index (χ3v) is 3.23. The Morgan fingerprint density at radius 1 is 1.45 bits per heavy atom. The number of carbonyl (C=O) groups excluding carboxylic acids is 1. The Morgan fingerprint density at radius 3 is 2.73 bits per heavy atom. The Balaban J connectivity index is 2.22. The third-order valence-electron chi connectivity index (χ3n) is 3.23. The number of hydrogen-bond acceptors (Lipinski definition) is 4. The fraction of sp³-hybridized carbons (Fsp3) is 0.312. The maximum Gasteiger partial charge on any atom is 0.255 e. The molecular formula is C16H20N4O2. The van der Waals surface area contributed by atoms with Crippen molar-refractivity contribution in [1.82, 2.24) is 19.7 Å². The molecule has 0 radical (unpaired) electrons. The van der Waals surface area contributed by atoms with E-state index in [2.05, 4.69) is 16.7 Å². The number of amides is 1. The summed E-state index contributed by atoms with van der Waals surface area (Å²) in [5.74, 6) is 0.487. The van der Waals surface area contributed by atoms with Gasteiger partial charge < -0.3 is 10.0 Å². The van der Waals surface area contributed by atoms with Crippen LogP contribution < -0.4 is 0 Å². The van der Waals surface area contributed by atoms with E-state index in [4.69, 9.17) is 5.11 Å². The van der Waals surface area contributed by atoms with E-state index in [1.54, 1.807) is 22.9 Å². The first-order valence-corrected chi connectivity index (χ1v) is 7.07. The van der Waals surface area contributed by atoms with Crippen LogP contribution in [0.3, 0.4) is 0 Å². The molecule has 0 spiro atoms. The lowest BCUT2D eigenvalue weighted by atomic mass is 10.2. The molecule has 0 aliphatic rings. The van der Waals surface area contributed by atoms with Crippen molar-refractivity contribution < 1.29 is 9.90 Å². The van der Waals surface area contributed by atoms with Crippen molar-refractivity contribution in [2.75, 3.05) is 19.7 Å². The first-order chi connectivity index (χ1) is 10.6. The molecule has 0 bridgehead atoms. The molecule has 116 valence electrons. The monoisotopic (exact) mass is 300 g/mol. The van der Waals surface area contributed by atoms with Gasteiger partial charge in [-0.05, 0) is 32.0 Å². The number of aryl methyl sites for hydroxylation is 2. The average Bonchev–Trinajstić information content (AvgIpc) is 2.85. The van der Waals surface area contributed by atoms with Crippen LogP contribution in [0.5, 0.6) is 0 Å². The summed E-state index contributed by atoms with van der Waals surface area (Å²) in [5.41, 5.74) is 2.37. The number of rotatable bonds is 6. The third kappa shape index (κ3) is 3.40. The zero-order valence-corrected chi connectivity index (χ0v) is 12.9. The lowest BCUT2D eigenvalue weighted by Crippen LogP contribution is -2.33. The van der Waals surface area contributed by atoms with Crippen molar-refractivity contribution in [3.8, 4) is 5.82 Å². The quantitative estimate of drug-likeness (QED) is 0.821. The van der Waals surface area contributed by atoms with E-state index in [1.165, 1.54) is 11.1 Å². The van der Waals surface area contributed by atoms with E-state index in [1.807, 2.05) is 19.9 Å². The van der Waals surface area contributed by atoms with E-state index >= 15 is 0 Å². The van der Waals surface area contributed by atoms with Gasteiger partial charge in [0, 0.05) is 25.0 Å². The number of carbonyl (C=O) groups is 1. The van der Waals surface area contributed by atoms with Gasteiger partial charge in [-0.25, -0.2) is 9.67 Å². The van der Waals surface area contributed by atoms with Gasteiger partial charge in [-0.3, -0.25) is 4.79 Å². The molecular weight excluding hydrogens is 280 g/mol. The highest BCUT2D eigenvalue weighted by molar-refractivity contribution is 5.94. The van der Waals surface area contributed by atoms with Crippen molar-refractivity contribution in [3.05, 3.63) is 54.0 Å². The molecule has 0 fully saturated rings. The number of pyridine rings is 1. The Bertz CT molecular complexity index is 661. The van der Waals surface area contributed by atoms with Crippen LogP contribution in [0.15, 0.2) is 37.1 Å². The Morgan fingerprint density at radius 2 is 2.23 bits per heavy atom. The number of aliphatic hydroxyl groups excluding tert-OH is 1. The largest absolute Gasteiger partial charge is 0.395 e. The van der Waals surface area contributed by atoms with Gasteiger partial charge in [-0.2, -0.15) is 5.10 Å². The van der Waals surface area contributed by atoms with Crippen molar-refractivity contribution in [2.45, 2.75) is 13.8 Å². The van der Waals surface area contributed by atoms with Gasteiger partial charge in [-0.15, -0.1) is 6.58 Å². The number of hydrogen-bond donors (Lipinski definition) is 1. The van der Waals surface area contributed by atoms with E-state index in [9.17, 15) is 4.79 Å². The molecule has 22 heavy (non-hydrogen) atoms. The maximum absolute atomic E-state index is 12.3. The highest BCUT2D eigenvalue weighted by Crippen LogP contribution is 2.11. The molecule has 1 amide bonds. The molecule has 0 aliphatic heterocycles. The van der Waals surface area contributed by atoms with Crippen molar-refractivity contribution >= 4 is 5.91 Å². The van der Waals surface area contributed by atoms with Crippen LogP contribution >= 0.6 is 0 Å². The van der Waals surface area contributed by atoms with Crippen LogP contribution in [0.4, 0.5) is 0 Å². The minimum Gasteiger partial charge on any atom is -0.395 e. The van der Waals surface area contributed by atoms with E-state index in [-0.39, 0.29) is 19.1 Å². The van der Waals surface area contributed by atoms with Crippen LogP contribution in [0.2, 0.25) is 0 Å². The number of aromatic nitrogens is 3. The summed E-state index contributed by atoms with van der Waals surface area (Å²) in [7, 11) is 0. The summed E-state index contributed by atoms with van der Waals surface area (Å²) < 4.78 is 1.73. The smallest absolute Gasteiger partial charge is 0.255 e. The summed E-state index contributed by atoms with van der Waals surface area (Å²) in [4.78, 5) is 18.2. The summed E-state index contributed by atoms with van der Waals surface area (Å²) >= 11 is 0. The van der Waals surface area contributed by atoms with Crippen LogP contribution in [-0.4, -0.2) is 50.4 Å². The Hall–Kier alpha value is -2.47. The van der Waals surface area contributed by atoms with Crippen LogP contribution in [-0.2, 0) is 0 Å². The molecule has 2 aromatic rings. The van der Waals surface area contributed by atoms with Gasteiger partial charge in [0.05, 0.1) is 17.9 Å². The predicted molar refractivity (Wildman–Crippen MR) is 84.0 cm³/mol. The van der Waals surface area contributed by atoms with Gasteiger partial charge >= 0.3 is 0 Å². The van der Waals surface area contributed by atoms with Gasteiger partial charge in [0.25, 0.3) is 5.91 Å². The summed E-state index contributed by atoms with van der Waals surface area (Å²) in [6, 6.07) is 5.44. The summed E-state index contributed by atoms with van der Waals surface area (Å²) in [5, 5.41) is 13.4. The van der Waals surface area contributed by atoms with Crippen molar-refractivity contribution in [3.63, 3.8) is 0 Å². The van der Waals surface area contributed by atoms with Crippen LogP contribution in [0.1, 0.15) is 21.7 Å². The van der Waals surface area contributed by atoms with Gasteiger partial charge in [0.1, 0.15) is 0 Å². The number of aliphatic hydroxyl groups is 1. The summed E-state index contributed by atoms with van der Waals surface area (Å²) in [6.45, 7) is 8.06. The fourth-order valence-electron chi connectivity index (χ4n) is 2.23. The molecule has 2 heterocycles. The minimum absolute atomic E-state index is 0.0865. The van der Waals surface area contributed by atoms with Crippen LogP contribution in [0.25, 0.3) is 5.82 Å². The molecule has 2 aromatic heterocycles. The van der Waals surface area contributed by atoms with Gasteiger partial charge in [0.2, 0.25) is 0 Å². The second-order valence-electron chi connectivity index (χ2n) is 5.01. The standard InChI is InChI=1S/C16H20N4O2/c1-4-7-19(8-9-21)16(22)14-5-6-15(17-11-14)20-13(3)10-12(2)18-20/h4-6,10-11,21H,1,7-9H2,2-3H3. The number of nitrogens with zero attached hydrogens (tertiary/aromatic N) is 4. The van der Waals surface area contributed by atoms with E-state index in [0.29, 0.717) is 17.9 Å². The predicted octanol–water partition coefficient (Wildman–Crippen LogP) is 1.50.